The molecule has 2 heteroatoms. The highest BCUT2D eigenvalue weighted by atomic mass is 31.1. The summed E-state index contributed by atoms with van der Waals surface area (Å²) in [6.07, 6.45) is 2.11. The average Bonchev–Trinajstić information content (AvgIpc) is 2.42. The number of rotatable bonds is 4. The van der Waals surface area contributed by atoms with Gasteiger partial charge in [-0.2, -0.15) is 0 Å². The van der Waals surface area contributed by atoms with Crippen LogP contribution in [0.15, 0.2) is 66.5 Å². The van der Waals surface area contributed by atoms with Crippen LogP contribution < -0.4 is 5.30 Å². The van der Waals surface area contributed by atoms with E-state index in [1.54, 1.807) is 7.11 Å². The molecule has 0 heterocycles. The van der Waals surface area contributed by atoms with Crippen LogP contribution in [0.25, 0.3) is 6.08 Å². The maximum absolute atomic E-state index is 5.54. The SMILES string of the molecule is COP(/C=C/c1ccccc1)c1ccccc1. The van der Waals surface area contributed by atoms with Crippen molar-refractivity contribution in [2.24, 2.45) is 0 Å². The van der Waals surface area contributed by atoms with Crippen LogP contribution in [0.2, 0.25) is 0 Å². The Morgan fingerprint density at radius 2 is 1.47 bits per heavy atom. The van der Waals surface area contributed by atoms with Gasteiger partial charge in [0, 0.05) is 12.4 Å². The van der Waals surface area contributed by atoms with E-state index in [-0.39, 0.29) is 0 Å². The van der Waals surface area contributed by atoms with E-state index < -0.39 is 8.15 Å². The largest absolute Gasteiger partial charge is 0.353 e. The fourth-order valence-electron chi connectivity index (χ4n) is 1.55. The Morgan fingerprint density at radius 1 is 0.882 bits per heavy atom. The molecule has 0 aromatic heterocycles. The fraction of sp³-hybridized carbons (Fsp3) is 0.0667. The lowest BCUT2D eigenvalue weighted by Gasteiger charge is -2.10. The highest BCUT2D eigenvalue weighted by molar-refractivity contribution is 7.64. The van der Waals surface area contributed by atoms with Crippen LogP contribution in [0, 0.1) is 0 Å². The normalized spacial score (nSPS) is 12.8. The van der Waals surface area contributed by atoms with Crippen molar-refractivity contribution >= 4 is 19.5 Å². The molecule has 0 aliphatic carbocycles. The van der Waals surface area contributed by atoms with Gasteiger partial charge in [-0.05, 0) is 11.4 Å². The zero-order valence-electron chi connectivity index (χ0n) is 9.78. The van der Waals surface area contributed by atoms with Gasteiger partial charge in [-0.25, -0.2) is 0 Å². The summed E-state index contributed by atoms with van der Waals surface area (Å²) >= 11 is 0. The van der Waals surface area contributed by atoms with E-state index in [2.05, 4.69) is 36.2 Å². The molecular weight excluding hydrogens is 227 g/mol. The second kappa shape index (κ2) is 6.34. The summed E-state index contributed by atoms with van der Waals surface area (Å²) in [5, 5.41) is 1.23. The van der Waals surface area contributed by atoms with Gasteiger partial charge in [-0.1, -0.05) is 66.7 Å². The average molecular weight is 242 g/mol. The summed E-state index contributed by atoms with van der Waals surface area (Å²) in [5.41, 5.74) is 1.20. The Bertz CT molecular complexity index is 465. The minimum Gasteiger partial charge on any atom is -0.353 e. The van der Waals surface area contributed by atoms with Gasteiger partial charge < -0.3 is 4.52 Å². The maximum atomic E-state index is 5.54. The van der Waals surface area contributed by atoms with Gasteiger partial charge in [0.2, 0.25) is 0 Å². The highest BCUT2D eigenvalue weighted by Gasteiger charge is 2.04. The van der Waals surface area contributed by atoms with Crippen molar-refractivity contribution < 1.29 is 4.52 Å². The van der Waals surface area contributed by atoms with Crippen molar-refractivity contribution in [3.05, 3.63) is 72.0 Å². The molecule has 86 valence electrons. The first-order valence-corrected chi connectivity index (χ1v) is 6.84. The molecule has 1 nitrogen and oxygen atoms in total. The Morgan fingerprint density at radius 3 is 2.06 bits per heavy atom. The smallest absolute Gasteiger partial charge is 0.0839 e. The summed E-state index contributed by atoms with van der Waals surface area (Å²) in [6, 6.07) is 20.6. The van der Waals surface area contributed by atoms with Crippen LogP contribution in [0.4, 0.5) is 0 Å². The predicted molar refractivity (Wildman–Crippen MR) is 75.5 cm³/mol. The molecule has 0 N–H and O–H groups in total. The van der Waals surface area contributed by atoms with Crippen molar-refractivity contribution in [3.63, 3.8) is 0 Å². The summed E-state index contributed by atoms with van der Waals surface area (Å²) < 4.78 is 5.54. The topological polar surface area (TPSA) is 9.23 Å². The zero-order valence-corrected chi connectivity index (χ0v) is 10.7. The Kier molecular flexibility index (Phi) is 4.49. The molecule has 0 bridgehead atoms. The van der Waals surface area contributed by atoms with E-state index in [9.17, 15) is 0 Å². The molecule has 0 spiro atoms. The lowest BCUT2D eigenvalue weighted by molar-refractivity contribution is 0.473. The Balaban J connectivity index is 2.14. The van der Waals surface area contributed by atoms with E-state index in [1.807, 2.05) is 36.4 Å². The van der Waals surface area contributed by atoms with Gasteiger partial charge in [0.25, 0.3) is 0 Å². The van der Waals surface area contributed by atoms with Crippen LogP contribution in [0.1, 0.15) is 5.56 Å². The zero-order chi connectivity index (χ0) is 11.9. The first-order valence-electron chi connectivity index (χ1n) is 5.52. The summed E-state index contributed by atoms with van der Waals surface area (Å²) in [5.74, 6) is 2.14. The fourth-order valence-corrected chi connectivity index (χ4v) is 2.82. The third-order valence-electron chi connectivity index (χ3n) is 2.41. The third kappa shape index (κ3) is 3.52. The van der Waals surface area contributed by atoms with Gasteiger partial charge in [0.05, 0.1) is 8.15 Å². The molecule has 0 aliphatic rings. The van der Waals surface area contributed by atoms with Crippen molar-refractivity contribution in [1.82, 2.24) is 0 Å². The molecule has 2 aromatic rings. The van der Waals surface area contributed by atoms with Gasteiger partial charge >= 0.3 is 0 Å². The van der Waals surface area contributed by atoms with Crippen LogP contribution in [0.3, 0.4) is 0 Å². The molecule has 1 unspecified atom stereocenters. The highest BCUT2D eigenvalue weighted by Crippen LogP contribution is 2.36. The van der Waals surface area contributed by atoms with E-state index in [0.29, 0.717) is 0 Å². The predicted octanol–water partition coefficient (Wildman–Crippen LogP) is 4.03. The molecule has 0 aliphatic heterocycles. The van der Waals surface area contributed by atoms with E-state index in [1.165, 1.54) is 10.9 Å². The molecule has 0 saturated heterocycles. The number of hydrogen-bond donors (Lipinski definition) is 0. The summed E-state index contributed by atoms with van der Waals surface area (Å²) in [6.45, 7) is 0. The second-order valence-corrected chi connectivity index (χ2v) is 5.40. The monoisotopic (exact) mass is 242 g/mol. The maximum Gasteiger partial charge on any atom is 0.0839 e. The lowest BCUT2D eigenvalue weighted by atomic mass is 10.2. The van der Waals surface area contributed by atoms with Crippen molar-refractivity contribution in [2.45, 2.75) is 0 Å². The molecule has 0 saturated carbocycles. The van der Waals surface area contributed by atoms with E-state index >= 15 is 0 Å². The first kappa shape index (κ1) is 12.0. The lowest BCUT2D eigenvalue weighted by Crippen LogP contribution is -1.98. The van der Waals surface area contributed by atoms with Crippen molar-refractivity contribution in [1.29, 1.82) is 0 Å². The molecule has 2 rings (SSSR count). The summed E-state index contributed by atoms with van der Waals surface area (Å²) in [7, 11) is 1.10. The van der Waals surface area contributed by atoms with Crippen LogP contribution >= 0.6 is 8.15 Å². The molecule has 17 heavy (non-hydrogen) atoms. The van der Waals surface area contributed by atoms with Crippen LogP contribution in [-0.2, 0) is 4.52 Å². The minimum atomic E-state index is -0.658. The van der Waals surface area contributed by atoms with Crippen LogP contribution in [-0.4, -0.2) is 7.11 Å². The number of hydrogen-bond acceptors (Lipinski definition) is 1. The minimum absolute atomic E-state index is 0.658. The summed E-state index contributed by atoms with van der Waals surface area (Å²) in [4.78, 5) is 0. The van der Waals surface area contributed by atoms with Gasteiger partial charge in [-0.3, -0.25) is 0 Å². The van der Waals surface area contributed by atoms with Gasteiger partial charge in [-0.15, -0.1) is 0 Å². The quantitative estimate of drug-likeness (QED) is 0.735. The van der Waals surface area contributed by atoms with E-state index in [4.69, 9.17) is 4.52 Å². The van der Waals surface area contributed by atoms with Crippen molar-refractivity contribution in [3.8, 4) is 0 Å². The third-order valence-corrected chi connectivity index (χ3v) is 4.03. The Labute approximate surface area is 104 Å². The molecule has 1 atom stereocenters. The molecule has 2 aromatic carbocycles. The number of benzene rings is 2. The first-order chi connectivity index (χ1) is 8.40. The van der Waals surface area contributed by atoms with Crippen LogP contribution in [0.5, 0.6) is 0 Å². The molecular formula is C15H15OP. The second-order valence-electron chi connectivity index (χ2n) is 3.57. The standard InChI is InChI=1S/C15H15OP/c1-16-17(15-10-6-3-7-11-15)13-12-14-8-4-2-5-9-14/h2-13H,1H3/b13-12+. The molecule has 0 radical (unpaired) electrons. The molecule has 0 amide bonds. The van der Waals surface area contributed by atoms with Gasteiger partial charge in [0.15, 0.2) is 0 Å². The Hall–Kier alpha value is -1.43. The van der Waals surface area contributed by atoms with Crippen molar-refractivity contribution in [2.75, 3.05) is 7.11 Å². The van der Waals surface area contributed by atoms with Gasteiger partial charge in [0.1, 0.15) is 0 Å². The van der Waals surface area contributed by atoms with E-state index in [0.717, 1.165) is 0 Å². The molecule has 0 fully saturated rings.